The summed E-state index contributed by atoms with van der Waals surface area (Å²) < 4.78 is 34.6. The van der Waals surface area contributed by atoms with Crippen LogP contribution in [0.3, 0.4) is 0 Å². The molecule has 2 amide bonds. The Morgan fingerprint density at radius 3 is 2.20 bits per heavy atom. The van der Waals surface area contributed by atoms with Gasteiger partial charge in [-0.05, 0) is 61.4 Å². The molecule has 1 N–H and O–H groups in total. The number of anilines is 1. The van der Waals surface area contributed by atoms with Crippen molar-refractivity contribution >= 4 is 39.1 Å². The number of methoxy groups -OCH3 is 1. The highest BCUT2D eigenvalue weighted by atomic mass is 35.5. The first-order valence-electron chi connectivity index (χ1n) is 14.2. The fourth-order valence-corrected chi connectivity index (χ4v) is 6.54. The number of carbonyl (C=O) groups is 2. The van der Waals surface area contributed by atoms with Crippen molar-refractivity contribution in [3.63, 3.8) is 0 Å². The molecule has 4 aromatic rings. The van der Waals surface area contributed by atoms with E-state index >= 15 is 0 Å². The third kappa shape index (κ3) is 7.98. The van der Waals surface area contributed by atoms with Crippen molar-refractivity contribution in [2.75, 3.05) is 24.5 Å². The van der Waals surface area contributed by atoms with Crippen LogP contribution in [0.25, 0.3) is 0 Å². The fourth-order valence-electron chi connectivity index (χ4n) is 4.82. The minimum atomic E-state index is -4.24. The molecule has 8 nitrogen and oxygen atoms in total. The number of hydrogen-bond donors (Lipinski definition) is 1. The SMILES string of the molecule is CCNC(=O)[C@@H](Cc1ccccc1)N(Cc1cccc(OC)c1)C(=O)CN(c1ccccc1Cl)S(=O)(=O)c1ccc(C)cc1. The van der Waals surface area contributed by atoms with E-state index in [0.29, 0.717) is 17.9 Å². The number of ether oxygens (including phenoxy) is 1. The Labute approximate surface area is 264 Å². The number of benzene rings is 4. The first-order chi connectivity index (χ1) is 21.1. The summed E-state index contributed by atoms with van der Waals surface area (Å²) in [4.78, 5) is 29.5. The highest BCUT2D eigenvalue weighted by Gasteiger charge is 2.35. The van der Waals surface area contributed by atoms with Crippen LogP contribution in [0.5, 0.6) is 5.75 Å². The lowest BCUT2D eigenvalue weighted by Crippen LogP contribution is -2.53. The number of likely N-dealkylation sites (N-methyl/N-ethyl adjacent to an activating group) is 1. The van der Waals surface area contributed by atoms with Crippen molar-refractivity contribution < 1.29 is 22.7 Å². The molecule has 0 fully saturated rings. The molecule has 44 heavy (non-hydrogen) atoms. The van der Waals surface area contributed by atoms with Gasteiger partial charge in [0.15, 0.2) is 0 Å². The average Bonchev–Trinajstić information content (AvgIpc) is 3.02. The number of para-hydroxylation sites is 1. The molecular weight excluding hydrogens is 598 g/mol. The topological polar surface area (TPSA) is 96.0 Å². The number of nitrogens with zero attached hydrogens (tertiary/aromatic N) is 2. The van der Waals surface area contributed by atoms with E-state index in [2.05, 4.69) is 5.32 Å². The van der Waals surface area contributed by atoms with E-state index in [4.69, 9.17) is 16.3 Å². The minimum absolute atomic E-state index is 0.0136. The van der Waals surface area contributed by atoms with Crippen molar-refractivity contribution in [2.45, 2.75) is 37.8 Å². The summed E-state index contributed by atoms with van der Waals surface area (Å²) in [7, 11) is -2.69. The first kappa shape index (κ1) is 32.6. The highest BCUT2D eigenvalue weighted by molar-refractivity contribution is 7.92. The summed E-state index contributed by atoms with van der Waals surface area (Å²) in [6, 6.07) is 28.5. The van der Waals surface area contributed by atoms with E-state index in [1.807, 2.05) is 43.3 Å². The van der Waals surface area contributed by atoms with Crippen molar-refractivity contribution in [3.8, 4) is 5.75 Å². The van der Waals surface area contributed by atoms with Gasteiger partial charge in [-0.3, -0.25) is 13.9 Å². The summed E-state index contributed by atoms with van der Waals surface area (Å²) in [6.07, 6.45) is 0.221. The molecule has 0 aliphatic rings. The van der Waals surface area contributed by atoms with Crippen LogP contribution in [-0.2, 0) is 32.6 Å². The maximum Gasteiger partial charge on any atom is 0.264 e. The van der Waals surface area contributed by atoms with E-state index < -0.39 is 28.5 Å². The van der Waals surface area contributed by atoms with Crippen LogP contribution >= 0.6 is 11.6 Å². The standard InChI is InChI=1S/C34H36ClN3O5S/c1-4-36-34(40)32(22-26-11-6-5-7-12-26)37(23-27-13-10-14-28(21-27)43-3)33(39)24-38(31-16-9-8-15-30(31)35)44(41,42)29-19-17-25(2)18-20-29/h5-21,32H,4,22-24H2,1-3H3,(H,36,40)/t32-/m1/s1. The lowest BCUT2D eigenvalue weighted by Gasteiger charge is -2.34. The molecule has 0 spiro atoms. The summed E-state index contributed by atoms with van der Waals surface area (Å²) >= 11 is 6.52. The number of rotatable bonds is 13. The van der Waals surface area contributed by atoms with Crippen molar-refractivity contribution in [1.82, 2.24) is 10.2 Å². The van der Waals surface area contributed by atoms with Gasteiger partial charge in [0.2, 0.25) is 11.8 Å². The predicted octanol–water partition coefficient (Wildman–Crippen LogP) is 5.63. The predicted molar refractivity (Wildman–Crippen MR) is 173 cm³/mol. The zero-order chi connectivity index (χ0) is 31.7. The van der Waals surface area contributed by atoms with Gasteiger partial charge < -0.3 is 15.0 Å². The molecule has 4 aromatic carbocycles. The van der Waals surface area contributed by atoms with Gasteiger partial charge in [0.1, 0.15) is 18.3 Å². The zero-order valence-electron chi connectivity index (χ0n) is 24.9. The second-order valence-corrected chi connectivity index (χ2v) is 12.5. The van der Waals surface area contributed by atoms with Gasteiger partial charge in [-0.15, -0.1) is 0 Å². The van der Waals surface area contributed by atoms with Crippen LogP contribution in [0.4, 0.5) is 5.69 Å². The van der Waals surface area contributed by atoms with Crippen LogP contribution in [-0.4, -0.2) is 51.4 Å². The number of hydrogen-bond acceptors (Lipinski definition) is 5. The maximum absolute atomic E-state index is 14.4. The van der Waals surface area contributed by atoms with Crippen LogP contribution in [0, 0.1) is 6.92 Å². The third-order valence-corrected chi connectivity index (χ3v) is 9.21. The van der Waals surface area contributed by atoms with Gasteiger partial charge in [-0.2, -0.15) is 0 Å². The van der Waals surface area contributed by atoms with Gasteiger partial charge in [0, 0.05) is 19.5 Å². The number of nitrogens with one attached hydrogen (secondary N) is 1. The maximum atomic E-state index is 14.4. The summed E-state index contributed by atoms with van der Waals surface area (Å²) in [6.45, 7) is 3.47. The molecule has 10 heteroatoms. The monoisotopic (exact) mass is 633 g/mol. The fraction of sp³-hybridized carbons (Fsp3) is 0.235. The highest BCUT2D eigenvalue weighted by Crippen LogP contribution is 2.31. The van der Waals surface area contributed by atoms with Gasteiger partial charge >= 0.3 is 0 Å². The van der Waals surface area contributed by atoms with E-state index in [9.17, 15) is 18.0 Å². The van der Waals surface area contributed by atoms with Gasteiger partial charge in [-0.25, -0.2) is 8.42 Å². The molecule has 0 saturated heterocycles. The third-order valence-electron chi connectivity index (χ3n) is 7.12. The van der Waals surface area contributed by atoms with Gasteiger partial charge in [0.05, 0.1) is 22.7 Å². The molecule has 0 aliphatic heterocycles. The van der Waals surface area contributed by atoms with Crippen LogP contribution in [0.1, 0.15) is 23.6 Å². The lowest BCUT2D eigenvalue weighted by atomic mass is 10.0. The molecule has 230 valence electrons. The van der Waals surface area contributed by atoms with Crippen molar-refractivity contribution in [2.24, 2.45) is 0 Å². The Kier molecular flexibility index (Phi) is 11.0. The molecule has 1 atom stereocenters. The molecule has 0 aromatic heterocycles. The van der Waals surface area contributed by atoms with E-state index in [1.54, 1.807) is 68.6 Å². The molecule has 0 unspecified atom stereocenters. The van der Waals surface area contributed by atoms with Crippen LogP contribution in [0.2, 0.25) is 5.02 Å². The van der Waals surface area contributed by atoms with E-state index in [-0.39, 0.29) is 34.5 Å². The van der Waals surface area contributed by atoms with Crippen LogP contribution in [0.15, 0.2) is 108 Å². The molecule has 0 bridgehead atoms. The van der Waals surface area contributed by atoms with Crippen molar-refractivity contribution in [3.05, 3.63) is 125 Å². The summed E-state index contributed by atoms with van der Waals surface area (Å²) in [5, 5.41) is 3.02. The Hall–Kier alpha value is -4.34. The smallest absolute Gasteiger partial charge is 0.264 e. The van der Waals surface area contributed by atoms with Gasteiger partial charge in [0.25, 0.3) is 10.0 Å². The number of amides is 2. The van der Waals surface area contributed by atoms with E-state index in [1.165, 1.54) is 17.0 Å². The first-order valence-corrected chi connectivity index (χ1v) is 16.0. The largest absolute Gasteiger partial charge is 0.497 e. The summed E-state index contributed by atoms with van der Waals surface area (Å²) in [5.41, 5.74) is 2.61. The Morgan fingerprint density at radius 1 is 0.886 bits per heavy atom. The number of sulfonamides is 1. The zero-order valence-corrected chi connectivity index (χ0v) is 26.5. The molecular formula is C34H36ClN3O5S. The summed E-state index contributed by atoms with van der Waals surface area (Å²) in [5.74, 6) is -0.332. The Bertz CT molecular complexity index is 1680. The quantitative estimate of drug-likeness (QED) is 0.206. The Balaban J connectivity index is 1.81. The number of aryl methyl sites for hydroxylation is 1. The normalized spacial score (nSPS) is 11.8. The molecule has 0 aliphatic carbocycles. The molecule has 0 radical (unpaired) electrons. The Morgan fingerprint density at radius 2 is 1.55 bits per heavy atom. The number of halogens is 1. The molecule has 0 saturated carbocycles. The van der Waals surface area contributed by atoms with Gasteiger partial charge in [-0.1, -0.05) is 83.9 Å². The van der Waals surface area contributed by atoms with E-state index in [0.717, 1.165) is 15.4 Å². The van der Waals surface area contributed by atoms with Crippen LogP contribution < -0.4 is 14.4 Å². The second-order valence-electron chi connectivity index (χ2n) is 10.2. The second kappa shape index (κ2) is 14.9. The molecule has 0 heterocycles. The molecule has 4 rings (SSSR count). The average molecular weight is 634 g/mol. The van der Waals surface area contributed by atoms with Crippen molar-refractivity contribution in [1.29, 1.82) is 0 Å². The minimum Gasteiger partial charge on any atom is -0.497 e. The lowest BCUT2D eigenvalue weighted by molar-refractivity contribution is -0.140. The number of carbonyl (C=O) groups excluding carboxylic acids is 2.